The van der Waals surface area contributed by atoms with Crippen molar-refractivity contribution in [3.8, 4) is 27.8 Å². The van der Waals surface area contributed by atoms with Gasteiger partial charge in [0.25, 0.3) is 11.8 Å². The van der Waals surface area contributed by atoms with Crippen molar-refractivity contribution in [3.63, 3.8) is 0 Å². The number of rotatable bonds is 6. The van der Waals surface area contributed by atoms with Gasteiger partial charge in [-0.1, -0.05) is 6.07 Å². The Balaban J connectivity index is 1.42. The van der Waals surface area contributed by atoms with Crippen LogP contribution in [0.15, 0.2) is 47.8 Å². The molecule has 2 amide bonds. The average Bonchev–Trinajstić information content (AvgIpc) is 3.37. The lowest BCUT2D eigenvalue weighted by atomic mass is 10.1. The van der Waals surface area contributed by atoms with E-state index in [1.807, 2.05) is 18.2 Å². The average molecular weight is 468 g/mol. The van der Waals surface area contributed by atoms with Gasteiger partial charge < -0.3 is 24.0 Å². The van der Waals surface area contributed by atoms with Crippen LogP contribution in [0.3, 0.4) is 0 Å². The molecule has 0 spiro atoms. The zero-order chi connectivity index (χ0) is 23.4. The minimum absolute atomic E-state index is 0.0502. The van der Waals surface area contributed by atoms with Gasteiger partial charge in [0.15, 0.2) is 11.5 Å². The van der Waals surface area contributed by atoms with Gasteiger partial charge in [0, 0.05) is 37.1 Å². The number of aromatic nitrogens is 1. The van der Waals surface area contributed by atoms with Crippen LogP contribution in [0.1, 0.15) is 20.8 Å². The quantitative estimate of drug-likeness (QED) is 0.553. The first-order chi connectivity index (χ1) is 16.0. The Hall–Kier alpha value is -3.59. The molecule has 0 atom stereocenters. The van der Waals surface area contributed by atoms with E-state index in [9.17, 15) is 9.59 Å². The van der Waals surface area contributed by atoms with Crippen molar-refractivity contribution in [1.82, 2.24) is 14.8 Å². The van der Waals surface area contributed by atoms with Crippen molar-refractivity contribution < 1.29 is 23.8 Å². The van der Waals surface area contributed by atoms with Gasteiger partial charge in [0.2, 0.25) is 0 Å². The molecule has 0 bridgehead atoms. The second-order valence-electron chi connectivity index (χ2n) is 7.39. The first kappa shape index (κ1) is 22.6. The van der Waals surface area contributed by atoms with Crippen LogP contribution >= 0.6 is 11.3 Å². The molecule has 8 nitrogen and oxygen atoms in total. The van der Waals surface area contributed by atoms with E-state index in [1.54, 1.807) is 60.8 Å². The molecule has 1 saturated heterocycles. The fourth-order valence-electron chi connectivity index (χ4n) is 3.74. The lowest BCUT2D eigenvalue weighted by Gasteiger charge is -2.34. The Kier molecular flexibility index (Phi) is 6.79. The van der Waals surface area contributed by atoms with Crippen LogP contribution in [0.2, 0.25) is 0 Å². The number of thiazole rings is 1. The number of para-hydroxylation sites is 1. The molecule has 0 saturated carbocycles. The van der Waals surface area contributed by atoms with E-state index in [1.165, 1.54) is 11.3 Å². The molecule has 0 unspecified atom stereocenters. The lowest BCUT2D eigenvalue weighted by molar-refractivity contribution is 0.0533. The molecule has 0 N–H and O–H groups in total. The number of methoxy groups -OCH3 is 3. The maximum absolute atomic E-state index is 13.0. The zero-order valence-corrected chi connectivity index (χ0v) is 19.6. The van der Waals surface area contributed by atoms with E-state index >= 15 is 0 Å². The van der Waals surface area contributed by atoms with Crippen molar-refractivity contribution in [2.75, 3.05) is 47.5 Å². The summed E-state index contributed by atoms with van der Waals surface area (Å²) in [6, 6.07) is 12.6. The third kappa shape index (κ3) is 4.63. The first-order valence-corrected chi connectivity index (χ1v) is 11.3. The van der Waals surface area contributed by atoms with Crippen molar-refractivity contribution in [3.05, 3.63) is 59.1 Å². The third-order valence-electron chi connectivity index (χ3n) is 5.55. The van der Waals surface area contributed by atoms with Gasteiger partial charge in [-0.25, -0.2) is 4.98 Å². The summed E-state index contributed by atoms with van der Waals surface area (Å²) in [6.07, 6.45) is 0. The number of hydrogen-bond donors (Lipinski definition) is 0. The van der Waals surface area contributed by atoms with Gasteiger partial charge in [0.1, 0.15) is 16.5 Å². The Labute approximate surface area is 196 Å². The Morgan fingerprint density at radius 2 is 1.52 bits per heavy atom. The van der Waals surface area contributed by atoms with Gasteiger partial charge in [-0.05, 0) is 36.4 Å². The van der Waals surface area contributed by atoms with Crippen molar-refractivity contribution in [2.24, 2.45) is 0 Å². The zero-order valence-electron chi connectivity index (χ0n) is 18.7. The molecule has 0 aliphatic carbocycles. The number of carbonyl (C=O) groups excluding carboxylic acids is 2. The summed E-state index contributed by atoms with van der Waals surface area (Å²) >= 11 is 1.38. The van der Waals surface area contributed by atoms with Gasteiger partial charge >= 0.3 is 0 Å². The van der Waals surface area contributed by atoms with Crippen molar-refractivity contribution in [2.45, 2.75) is 0 Å². The maximum atomic E-state index is 13.0. The van der Waals surface area contributed by atoms with Crippen LogP contribution < -0.4 is 14.2 Å². The standard InChI is InChI=1S/C24H25N3O5S/c1-30-17-9-7-16(8-10-17)23(28)26-11-13-27(14-12-26)24(29)19-15-33-22(25-19)18-5-4-6-20(31-2)21(18)32-3/h4-10,15H,11-14H2,1-3H3. The first-order valence-electron chi connectivity index (χ1n) is 10.4. The van der Waals surface area contributed by atoms with Gasteiger partial charge in [-0.3, -0.25) is 9.59 Å². The topological polar surface area (TPSA) is 81.2 Å². The largest absolute Gasteiger partial charge is 0.497 e. The Bertz CT molecular complexity index is 1140. The van der Waals surface area contributed by atoms with E-state index in [-0.39, 0.29) is 11.8 Å². The molecule has 33 heavy (non-hydrogen) atoms. The predicted molar refractivity (Wildman–Crippen MR) is 125 cm³/mol. The maximum Gasteiger partial charge on any atom is 0.273 e. The summed E-state index contributed by atoms with van der Waals surface area (Å²) in [6.45, 7) is 1.85. The fraction of sp³-hybridized carbons (Fsp3) is 0.292. The minimum Gasteiger partial charge on any atom is -0.497 e. The molecule has 0 radical (unpaired) electrons. The molecule has 3 aromatic rings. The summed E-state index contributed by atoms with van der Waals surface area (Å²) < 4.78 is 16.0. The minimum atomic E-state index is -0.143. The van der Waals surface area contributed by atoms with Gasteiger partial charge in [-0.15, -0.1) is 11.3 Å². The normalized spacial score (nSPS) is 13.5. The van der Waals surface area contributed by atoms with Crippen LogP contribution in [0.5, 0.6) is 17.2 Å². The third-order valence-corrected chi connectivity index (χ3v) is 6.42. The number of benzene rings is 2. The molecule has 4 rings (SSSR count). The summed E-state index contributed by atoms with van der Waals surface area (Å²) in [7, 11) is 4.75. The van der Waals surface area contributed by atoms with Crippen LogP contribution in [-0.4, -0.2) is 74.1 Å². The lowest BCUT2D eigenvalue weighted by Crippen LogP contribution is -2.50. The number of ether oxygens (including phenoxy) is 3. The monoisotopic (exact) mass is 467 g/mol. The SMILES string of the molecule is COc1ccc(C(=O)N2CCN(C(=O)c3csc(-c4cccc(OC)c4OC)n3)CC2)cc1. The Morgan fingerprint density at radius 1 is 0.848 bits per heavy atom. The highest BCUT2D eigenvalue weighted by atomic mass is 32.1. The Morgan fingerprint density at radius 3 is 2.12 bits per heavy atom. The molecule has 9 heteroatoms. The van der Waals surface area contributed by atoms with Crippen LogP contribution in [0.4, 0.5) is 0 Å². The van der Waals surface area contributed by atoms with E-state index in [0.717, 1.165) is 5.56 Å². The highest BCUT2D eigenvalue weighted by molar-refractivity contribution is 7.13. The smallest absolute Gasteiger partial charge is 0.273 e. The second kappa shape index (κ2) is 9.91. The molecule has 1 aliphatic rings. The summed E-state index contributed by atoms with van der Waals surface area (Å²) in [5.41, 5.74) is 1.76. The van der Waals surface area contributed by atoms with Gasteiger partial charge in [-0.2, -0.15) is 0 Å². The molecule has 2 aromatic carbocycles. The number of piperazine rings is 1. The van der Waals surface area contributed by atoms with Gasteiger partial charge in [0.05, 0.1) is 26.9 Å². The number of nitrogens with zero attached hydrogens (tertiary/aromatic N) is 3. The van der Waals surface area contributed by atoms with Crippen molar-refractivity contribution in [1.29, 1.82) is 0 Å². The highest BCUT2D eigenvalue weighted by Gasteiger charge is 2.27. The summed E-state index contributed by atoms with van der Waals surface area (Å²) in [4.78, 5) is 33.9. The molecule has 1 aromatic heterocycles. The second-order valence-corrected chi connectivity index (χ2v) is 8.25. The molecule has 1 aliphatic heterocycles. The summed E-state index contributed by atoms with van der Waals surface area (Å²) in [5.74, 6) is 1.70. The van der Waals surface area contributed by atoms with Crippen molar-refractivity contribution >= 4 is 23.2 Å². The van der Waals surface area contributed by atoms with Crippen LogP contribution in [0.25, 0.3) is 10.6 Å². The summed E-state index contributed by atoms with van der Waals surface area (Å²) in [5, 5.41) is 2.44. The van der Waals surface area contributed by atoms with Crippen LogP contribution in [0, 0.1) is 0 Å². The molecular weight excluding hydrogens is 442 g/mol. The predicted octanol–water partition coefficient (Wildman–Crippen LogP) is 3.43. The molecule has 172 valence electrons. The van der Waals surface area contributed by atoms with E-state index in [0.29, 0.717) is 59.7 Å². The number of hydrogen-bond acceptors (Lipinski definition) is 7. The van der Waals surface area contributed by atoms with E-state index in [2.05, 4.69) is 4.98 Å². The number of amides is 2. The van der Waals surface area contributed by atoms with Crippen LogP contribution in [-0.2, 0) is 0 Å². The molecular formula is C24H25N3O5S. The van der Waals surface area contributed by atoms with E-state index in [4.69, 9.17) is 14.2 Å². The fourth-order valence-corrected chi connectivity index (χ4v) is 4.56. The highest BCUT2D eigenvalue weighted by Crippen LogP contribution is 2.39. The molecule has 1 fully saturated rings. The number of carbonyl (C=O) groups is 2. The van der Waals surface area contributed by atoms with E-state index < -0.39 is 0 Å². The molecule has 2 heterocycles.